The highest BCUT2D eigenvalue weighted by atomic mass is 32.1. The number of ether oxygens (including phenoxy) is 6. The second-order valence-electron chi connectivity index (χ2n) is 26.1. The van der Waals surface area contributed by atoms with Gasteiger partial charge in [0.05, 0.1) is 68.6 Å². The molecule has 476 valence electrons. The van der Waals surface area contributed by atoms with Crippen molar-refractivity contribution in [3.05, 3.63) is 126 Å². The monoisotopic (exact) mass is 1280 g/mol. The third kappa shape index (κ3) is 12.9. The summed E-state index contributed by atoms with van der Waals surface area (Å²) in [5.41, 5.74) is 5.56. The maximum Gasteiger partial charge on any atom is 0.410 e. The normalized spacial score (nSPS) is 22.0. The highest BCUT2D eigenvalue weighted by Gasteiger charge is 2.40. The van der Waals surface area contributed by atoms with Gasteiger partial charge >= 0.3 is 6.09 Å². The zero-order chi connectivity index (χ0) is 62.4. The molecule has 2 N–H and O–H groups in total. The molecule has 21 nitrogen and oxygen atoms in total. The Morgan fingerprint density at radius 1 is 0.711 bits per heavy atom. The highest BCUT2D eigenvalue weighted by Crippen LogP contribution is 2.37. The van der Waals surface area contributed by atoms with Crippen LogP contribution in [0.15, 0.2) is 92.5 Å². The lowest BCUT2D eigenvalue weighted by Gasteiger charge is -2.32. The van der Waals surface area contributed by atoms with Crippen LogP contribution in [0.4, 0.5) is 4.79 Å². The van der Waals surface area contributed by atoms with Crippen LogP contribution in [0.1, 0.15) is 62.5 Å². The van der Waals surface area contributed by atoms with Crippen LogP contribution in [0.2, 0.25) is 25.7 Å². The molecule has 4 fully saturated rings. The van der Waals surface area contributed by atoms with Gasteiger partial charge in [-0.3, -0.25) is 46.4 Å². The molecule has 4 saturated heterocycles. The topological polar surface area (TPSA) is 219 Å². The number of methoxy groups -OCH3 is 2. The number of rotatable bonds is 13. The average Bonchev–Trinajstić information content (AvgIpc) is 1.32. The second kappa shape index (κ2) is 26.4. The lowest BCUT2D eigenvalue weighted by molar-refractivity contribution is 0.0284. The minimum absolute atomic E-state index is 0.0146. The molecule has 0 spiro atoms. The number of carbonyl (C=O) groups excluding carboxylic acids is 1. The number of aromatic nitrogens is 6. The van der Waals surface area contributed by atoms with Crippen LogP contribution in [0, 0.1) is 0 Å². The van der Waals surface area contributed by atoms with Gasteiger partial charge in [0.15, 0.2) is 0 Å². The summed E-state index contributed by atoms with van der Waals surface area (Å²) in [6, 6.07) is 19.9. The molecule has 6 aliphatic rings. The standard InChI is InChI=1S/C38H49N5O7SSi.C28H31N5O4S/c1-6-15-49-38(46)43-26-12-13-27(43)23-50-32-19-25(20-40-14-8-9-28(22-40)47-2)18-31-34(32)39-33(37(45)41(31)24-48-16-17-52(3,4)5)29-10-7-11-30-35(29)51-42(21-26)36(30)44;1-36-19-4-3-9-32(14-19)12-16-10-22-25-23(11-16)37-15-18-8-7-17(29-18)13-33-28(35)21-6-2-5-20(26(21)38-33)24(31-25)27(34)30-22/h6-7,10-11,18-19,26-28H,1,8-9,12-17,20-24H2,2-5H3;2,5-6,10-11,17-19,29H,3-4,7-9,12-15H2,1H3,(H,30,34). The van der Waals surface area contributed by atoms with Crippen molar-refractivity contribution in [2.24, 2.45) is 0 Å². The largest absolute Gasteiger partial charge is 0.490 e. The molecule has 4 aromatic carbocycles. The summed E-state index contributed by atoms with van der Waals surface area (Å²) in [7, 11) is 2.15. The quantitative estimate of drug-likeness (QED) is 0.0625. The van der Waals surface area contributed by atoms with Crippen LogP contribution >= 0.6 is 23.1 Å². The van der Waals surface area contributed by atoms with E-state index in [2.05, 4.69) is 52.4 Å². The first-order valence-corrected chi connectivity index (χ1v) is 36.9. The number of fused-ring (bicyclic) bond motifs is 10. The van der Waals surface area contributed by atoms with E-state index in [9.17, 15) is 24.0 Å². The molecule has 0 aliphatic carbocycles. The minimum Gasteiger partial charge on any atom is -0.490 e. The van der Waals surface area contributed by atoms with Gasteiger partial charge in [-0.15, -0.1) is 0 Å². The number of likely N-dealkylation sites (tertiary alicyclic amines) is 2. The first kappa shape index (κ1) is 62.0. The molecular formula is C66H80N10O11S2Si. The van der Waals surface area contributed by atoms with E-state index in [4.69, 9.17) is 38.4 Å². The van der Waals surface area contributed by atoms with Crippen molar-refractivity contribution in [2.75, 3.05) is 66.8 Å². The SMILES string of the molecule is C=CCOC(=O)N1C2CCC1Cn1sc3c(cccc3c1=O)-c1nc3c(cc(CN4CCCC(OC)C4)cc3n(COCC[Si](C)(C)C)c1=O)OC2.COC1CCCN(Cc2cc3c4nc(c(=O)[nH]c4c2)-c2cccc4c(=O)n(sc24)CC2CCC(CO3)N2)C1. The van der Waals surface area contributed by atoms with Crippen molar-refractivity contribution >= 4 is 79.5 Å². The van der Waals surface area contributed by atoms with E-state index in [-0.39, 0.29) is 84.3 Å². The third-order valence-corrected chi connectivity index (χ3v) is 22.5. The van der Waals surface area contributed by atoms with Gasteiger partial charge in [-0.2, -0.15) is 0 Å². The number of hydrogen-bond donors (Lipinski definition) is 2. The minimum atomic E-state index is -1.39. The zero-order valence-corrected chi connectivity index (χ0v) is 54.6. The van der Waals surface area contributed by atoms with Crippen LogP contribution in [-0.4, -0.2) is 160 Å². The average molecular weight is 1280 g/mol. The molecular weight excluding hydrogens is 1200 g/mol. The van der Waals surface area contributed by atoms with Gasteiger partial charge < -0.3 is 38.7 Å². The summed E-state index contributed by atoms with van der Waals surface area (Å²) in [6.45, 7) is 17.9. The Bertz CT molecular complexity index is 4270. The van der Waals surface area contributed by atoms with Gasteiger partial charge in [0.1, 0.15) is 60.5 Å². The Hall–Kier alpha value is -6.87. The summed E-state index contributed by atoms with van der Waals surface area (Å²) in [5.74, 6) is 1.21. The van der Waals surface area contributed by atoms with Gasteiger partial charge in [0.25, 0.3) is 22.2 Å². The van der Waals surface area contributed by atoms with E-state index < -0.39 is 14.2 Å². The fourth-order valence-electron chi connectivity index (χ4n) is 13.8. The number of piperidine rings is 2. The number of H-pyrrole nitrogens is 1. The maximum atomic E-state index is 14.6. The molecule has 10 heterocycles. The lowest BCUT2D eigenvalue weighted by Crippen LogP contribution is -2.46. The van der Waals surface area contributed by atoms with Crippen molar-refractivity contribution in [1.82, 2.24) is 47.4 Å². The number of nitrogens with zero attached hydrogens (tertiary/aromatic N) is 8. The van der Waals surface area contributed by atoms with Gasteiger partial charge in [-0.05, 0) is 118 Å². The molecule has 0 radical (unpaired) electrons. The van der Waals surface area contributed by atoms with Gasteiger partial charge in [-0.1, -0.05) is 79.6 Å². The predicted molar refractivity (Wildman–Crippen MR) is 354 cm³/mol. The molecule has 6 unspecified atom stereocenters. The second-order valence-corrected chi connectivity index (χ2v) is 33.8. The fraction of sp³-hybridized carbons (Fsp3) is 0.500. The van der Waals surface area contributed by atoms with E-state index in [0.29, 0.717) is 112 Å². The Kier molecular flexibility index (Phi) is 18.2. The van der Waals surface area contributed by atoms with E-state index in [1.54, 1.807) is 45.9 Å². The maximum absolute atomic E-state index is 14.6. The van der Waals surface area contributed by atoms with E-state index in [1.165, 1.54) is 23.1 Å². The van der Waals surface area contributed by atoms with Gasteiger partial charge in [0, 0.05) is 78.3 Å². The Morgan fingerprint density at radius 2 is 1.32 bits per heavy atom. The van der Waals surface area contributed by atoms with Crippen LogP contribution in [0.5, 0.6) is 11.5 Å². The van der Waals surface area contributed by atoms with Crippen molar-refractivity contribution < 1.29 is 33.2 Å². The van der Waals surface area contributed by atoms with Crippen LogP contribution in [-0.2, 0) is 51.9 Å². The predicted octanol–water partition coefficient (Wildman–Crippen LogP) is 9.00. The highest BCUT2D eigenvalue weighted by molar-refractivity contribution is 7.14. The summed E-state index contributed by atoms with van der Waals surface area (Å²) < 4.78 is 42.9. The van der Waals surface area contributed by atoms with Crippen LogP contribution in [0.25, 0.3) is 64.8 Å². The van der Waals surface area contributed by atoms with Crippen molar-refractivity contribution in [3.63, 3.8) is 0 Å². The first-order valence-electron chi connectivity index (χ1n) is 31.7. The zero-order valence-electron chi connectivity index (χ0n) is 52.0. The van der Waals surface area contributed by atoms with Crippen molar-refractivity contribution in [1.29, 1.82) is 0 Å². The van der Waals surface area contributed by atoms with Gasteiger partial charge in [-0.25, -0.2) is 14.8 Å². The Labute approximate surface area is 530 Å². The summed E-state index contributed by atoms with van der Waals surface area (Å²) in [4.78, 5) is 88.1. The van der Waals surface area contributed by atoms with Crippen molar-refractivity contribution in [2.45, 2.75) is 146 Å². The molecule has 8 aromatic rings. The molecule has 1 amide bonds. The first-order chi connectivity index (χ1) is 43.6. The van der Waals surface area contributed by atoms with Gasteiger partial charge in [0.2, 0.25) is 0 Å². The molecule has 6 aliphatic heterocycles. The number of nitrogens with one attached hydrogen (secondary N) is 2. The molecule has 4 aromatic heterocycles. The molecule has 0 saturated carbocycles. The number of carbonyl (C=O) groups is 1. The molecule has 6 atom stereocenters. The Balaban J connectivity index is 0.000000173. The number of hydrogen-bond acceptors (Lipinski definition) is 18. The molecule has 24 heteroatoms. The summed E-state index contributed by atoms with van der Waals surface area (Å²) in [5, 5.41) is 4.80. The van der Waals surface area contributed by atoms with Crippen molar-refractivity contribution in [3.8, 4) is 34.0 Å². The fourth-order valence-corrected chi connectivity index (χ4v) is 16.9. The third-order valence-electron chi connectivity index (χ3n) is 18.5. The molecule has 90 heavy (non-hydrogen) atoms. The molecule has 12 bridgehead atoms. The van der Waals surface area contributed by atoms with Crippen LogP contribution in [0.3, 0.4) is 0 Å². The molecule has 14 rings (SSSR count). The van der Waals surface area contributed by atoms with E-state index in [1.807, 2.05) is 46.4 Å². The number of amides is 1. The lowest BCUT2D eigenvalue weighted by atomic mass is 10.1. The summed E-state index contributed by atoms with van der Waals surface area (Å²) >= 11 is 2.72. The Morgan fingerprint density at radius 3 is 1.99 bits per heavy atom. The smallest absolute Gasteiger partial charge is 0.410 e. The number of benzene rings is 4. The van der Waals surface area contributed by atoms with Crippen LogP contribution < -0.4 is 37.0 Å². The van der Waals surface area contributed by atoms with E-state index in [0.717, 1.165) is 93.1 Å². The summed E-state index contributed by atoms with van der Waals surface area (Å²) in [6.07, 6.45) is 9.08. The number of aromatic amines is 1. The van der Waals surface area contributed by atoms with E-state index >= 15 is 0 Å².